The van der Waals surface area contributed by atoms with Gasteiger partial charge in [0.05, 0.1) is 12.6 Å². The van der Waals surface area contributed by atoms with Gasteiger partial charge in [0.15, 0.2) is 0 Å². The second kappa shape index (κ2) is 6.56. The van der Waals surface area contributed by atoms with E-state index >= 15 is 0 Å². The van der Waals surface area contributed by atoms with Gasteiger partial charge in [0.2, 0.25) is 5.88 Å². The van der Waals surface area contributed by atoms with E-state index in [0.29, 0.717) is 24.6 Å². The van der Waals surface area contributed by atoms with Crippen molar-refractivity contribution in [2.45, 2.75) is 44.7 Å². The third kappa shape index (κ3) is 3.32. The molecule has 2 aromatic rings. The molecule has 6 heteroatoms. The topological polar surface area (TPSA) is 64.9 Å². The molecule has 3 rings (SSSR count). The minimum absolute atomic E-state index is 0.336. The lowest BCUT2D eigenvalue weighted by Gasteiger charge is -2.32. The zero-order chi connectivity index (χ0) is 14.5. The van der Waals surface area contributed by atoms with Crippen molar-refractivity contribution in [2.24, 2.45) is 0 Å². The van der Waals surface area contributed by atoms with Crippen LogP contribution in [0, 0.1) is 0 Å². The second-order valence-corrected chi connectivity index (χ2v) is 5.26. The molecule has 0 amide bonds. The summed E-state index contributed by atoms with van der Waals surface area (Å²) in [4.78, 5) is 8.40. The molecule has 1 aliphatic rings. The van der Waals surface area contributed by atoms with Crippen molar-refractivity contribution in [1.82, 2.24) is 19.7 Å². The maximum absolute atomic E-state index is 5.43. The van der Waals surface area contributed by atoms with Gasteiger partial charge in [0.1, 0.15) is 12.1 Å². The highest BCUT2D eigenvalue weighted by Crippen LogP contribution is 2.30. The minimum Gasteiger partial charge on any atom is -0.478 e. The van der Waals surface area contributed by atoms with Gasteiger partial charge in [-0.15, -0.1) is 0 Å². The SMILES string of the molecule is CCOc1cc(NC2CCCCC2n2cccn2)ncn1. The molecular weight excluding hydrogens is 266 g/mol. The molecule has 2 aromatic heterocycles. The van der Waals surface area contributed by atoms with Crippen LogP contribution in [0.5, 0.6) is 5.88 Å². The first-order chi connectivity index (χ1) is 10.4. The van der Waals surface area contributed by atoms with Crippen molar-refractivity contribution >= 4 is 5.82 Å². The molecular formula is C15H21N5O. The highest BCUT2D eigenvalue weighted by atomic mass is 16.5. The molecule has 6 nitrogen and oxygen atoms in total. The lowest BCUT2D eigenvalue weighted by Crippen LogP contribution is -2.34. The van der Waals surface area contributed by atoms with Gasteiger partial charge >= 0.3 is 0 Å². The van der Waals surface area contributed by atoms with Gasteiger partial charge in [-0.05, 0) is 25.8 Å². The van der Waals surface area contributed by atoms with E-state index in [2.05, 4.69) is 25.1 Å². The molecule has 2 unspecified atom stereocenters. The van der Waals surface area contributed by atoms with Crippen molar-refractivity contribution in [2.75, 3.05) is 11.9 Å². The number of ether oxygens (including phenoxy) is 1. The number of nitrogens with zero attached hydrogens (tertiary/aromatic N) is 4. The van der Waals surface area contributed by atoms with Crippen LogP contribution in [0.3, 0.4) is 0 Å². The summed E-state index contributed by atoms with van der Waals surface area (Å²) >= 11 is 0. The van der Waals surface area contributed by atoms with E-state index < -0.39 is 0 Å². The Bertz CT molecular complexity index is 557. The largest absolute Gasteiger partial charge is 0.478 e. The number of aromatic nitrogens is 4. The fourth-order valence-corrected chi connectivity index (χ4v) is 2.91. The number of rotatable bonds is 5. The summed E-state index contributed by atoms with van der Waals surface area (Å²) in [5, 5.41) is 7.92. The number of hydrogen-bond donors (Lipinski definition) is 1. The van der Waals surface area contributed by atoms with Gasteiger partial charge < -0.3 is 10.1 Å². The molecule has 112 valence electrons. The van der Waals surface area contributed by atoms with Gasteiger partial charge in [-0.1, -0.05) is 12.8 Å². The Kier molecular flexibility index (Phi) is 4.33. The van der Waals surface area contributed by atoms with Crippen molar-refractivity contribution < 1.29 is 4.74 Å². The van der Waals surface area contributed by atoms with E-state index in [-0.39, 0.29) is 0 Å². The van der Waals surface area contributed by atoms with E-state index in [9.17, 15) is 0 Å². The van der Waals surface area contributed by atoms with Crippen LogP contribution in [0.2, 0.25) is 0 Å². The molecule has 0 aliphatic heterocycles. The lowest BCUT2D eigenvalue weighted by molar-refractivity contribution is 0.300. The van der Waals surface area contributed by atoms with Crippen LogP contribution in [0.25, 0.3) is 0 Å². The lowest BCUT2D eigenvalue weighted by atomic mass is 9.90. The summed E-state index contributed by atoms with van der Waals surface area (Å²) in [6.07, 6.45) is 10.2. The molecule has 0 saturated heterocycles. The van der Waals surface area contributed by atoms with Crippen molar-refractivity contribution in [1.29, 1.82) is 0 Å². The van der Waals surface area contributed by atoms with Crippen LogP contribution in [0.4, 0.5) is 5.82 Å². The summed E-state index contributed by atoms with van der Waals surface area (Å²) in [5.41, 5.74) is 0. The minimum atomic E-state index is 0.336. The molecule has 0 aromatic carbocycles. The van der Waals surface area contributed by atoms with Crippen LogP contribution < -0.4 is 10.1 Å². The second-order valence-electron chi connectivity index (χ2n) is 5.26. The molecule has 2 atom stereocenters. The summed E-state index contributed by atoms with van der Waals surface area (Å²) in [6.45, 7) is 2.56. The Labute approximate surface area is 124 Å². The predicted molar refractivity (Wildman–Crippen MR) is 80.3 cm³/mol. The van der Waals surface area contributed by atoms with Crippen LogP contribution in [0.15, 0.2) is 30.9 Å². The summed E-state index contributed by atoms with van der Waals surface area (Å²) in [5.74, 6) is 1.43. The molecule has 1 N–H and O–H groups in total. The van der Waals surface area contributed by atoms with Gasteiger partial charge in [-0.2, -0.15) is 5.10 Å². The Morgan fingerprint density at radius 3 is 3.05 bits per heavy atom. The van der Waals surface area contributed by atoms with E-state index in [0.717, 1.165) is 18.7 Å². The Morgan fingerprint density at radius 1 is 1.33 bits per heavy atom. The molecule has 1 fully saturated rings. The van der Waals surface area contributed by atoms with Crippen molar-refractivity contribution in [3.05, 3.63) is 30.9 Å². The van der Waals surface area contributed by atoms with Gasteiger partial charge in [0, 0.05) is 24.5 Å². The molecule has 2 heterocycles. The average molecular weight is 287 g/mol. The molecule has 1 saturated carbocycles. The quantitative estimate of drug-likeness (QED) is 0.916. The summed E-state index contributed by atoms with van der Waals surface area (Å²) in [7, 11) is 0. The zero-order valence-electron chi connectivity index (χ0n) is 12.3. The fourth-order valence-electron chi connectivity index (χ4n) is 2.91. The first-order valence-corrected chi connectivity index (χ1v) is 7.57. The number of nitrogens with one attached hydrogen (secondary N) is 1. The summed E-state index contributed by atoms with van der Waals surface area (Å²) < 4.78 is 7.48. The molecule has 21 heavy (non-hydrogen) atoms. The van der Waals surface area contributed by atoms with E-state index in [1.807, 2.05) is 31.5 Å². The Hall–Kier alpha value is -2.11. The summed E-state index contributed by atoms with van der Waals surface area (Å²) in [6, 6.07) is 4.55. The van der Waals surface area contributed by atoms with Crippen LogP contribution >= 0.6 is 0 Å². The highest BCUT2D eigenvalue weighted by Gasteiger charge is 2.27. The first kappa shape index (κ1) is 13.9. The number of anilines is 1. The first-order valence-electron chi connectivity index (χ1n) is 7.57. The van der Waals surface area contributed by atoms with Gasteiger partial charge in [-0.25, -0.2) is 9.97 Å². The third-order valence-electron chi connectivity index (χ3n) is 3.86. The third-order valence-corrected chi connectivity index (χ3v) is 3.86. The smallest absolute Gasteiger partial charge is 0.218 e. The molecule has 1 aliphatic carbocycles. The maximum Gasteiger partial charge on any atom is 0.218 e. The van der Waals surface area contributed by atoms with E-state index in [1.165, 1.54) is 12.8 Å². The van der Waals surface area contributed by atoms with E-state index in [1.54, 1.807) is 6.33 Å². The van der Waals surface area contributed by atoms with E-state index in [4.69, 9.17) is 4.74 Å². The molecule has 0 bridgehead atoms. The van der Waals surface area contributed by atoms with Crippen molar-refractivity contribution in [3.8, 4) is 5.88 Å². The average Bonchev–Trinajstić information content (AvgIpc) is 3.03. The zero-order valence-corrected chi connectivity index (χ0v) is 12.3. The standard InChI is InChI=1S/C15H21N5O/c1-2-21-15-10-14(16-11-17-15)19-12-6-3-4-7-13(12)20-9-5-8-18-20/h5,8-13H,2-4,6-7H2,1H3,(H,16,17,19). The fraction of sp³-hybridized carbons (Fsp3) is 0.533. The highest BCUT2D eigenvalue weighted by molar-refractivity contribution is 5.38. The van der Waals surface area contributed by atoms with Crippen LogP contribution in [-0.4, -0.2) is 32.4 Å². The van der Waals surface area contributed by atoms with Gasteiger partial charge in [-0.3, -0.25) is 4.68 Å². The Morgan fingerprint density at radius 2 is 2.24 bits per heavy atom. The Balaban J connectivity index is 1.74. The molecule has 0 radical (unpaired) electrons. The predicted octanol–water partition coefficient (Wildman–Crippen LogP) is 2.67. The van der Waals surface area contributed by atoms with Crippen LogP contribution in [0.1, 0.15) is 38.6 Å². The maximum atomic E-state index is 5.43. The van der Waals surface area contributed by atoms with Crippen molar-refractivity contribution in [3.63, 3.8) is 0 Å². The molecule has 0 spiro atoms. The normalized spacial score (nSPS) is 22.0. The van der Waals surface area contributed by atoms with Crippen LogP contribution in [-0.2, 0) is 0 Å². The number of hydrogen-bond acceptors (Lipinski definition) is 5. The monoisotopic (exact) mass is 287 g/mol. The van der Waals surface area contributed by atoms with Gasteiger partial charge in [0.25, 0.3) is 0 Å².